The predicted octanol–water partition coefficient (Wildman–Crippen LogP) is 3.03. The molecule has 2 saturated carbocycles. The number of anilines is 1. The van der Waals surface area contributed by atoms with Crippen LogP contribution in [0.1, 0.15) is 56.1 Å². The van der Waals surface area contributed by atoms with E-state index in [9.17, 15) is 0 Å². The van der Waals surface area contributed by atoms with Crippen LogP contribution in [-0.2, 0) is 4.74 Å². The molecule has 2 aliphatic carbocycles. The molecule has 5 heteroatoms. The van der Waals surface area contributed by atoms with Crippen molar-refractivity contribution in [2.75, 3.05) is 12.3 Å². The van der Waals surface area contributed by atoms with Crippen molar-refractivity contribution >= 4 is 28.4 Å². The fourth-order valence-electron chi connectivity index (χ4n) is 2.26. The van der Waals surface area contributed by atoms with Crippen LogP contribution in [0.15, 0.2) is 0 Å². The van der Waals surface area contributed by atoms with Gasteiger partial charge in [0.25, 0.3) is 0 Å². The van der Waals surface area contributed by atoms with E-state index in [0.29, 0.717) is 24.3 Å². The van der Waals surface area contributed by atoms with Gasteiger partial charge >= 0.3 is 0 Å². The average molecular weight is 359 g/mol. The van der Waals surface area contributed by atoms with Gasteiger partial charge in [-0.1, -0.05) is 0 Å². The molecular formula is C13H18IN3O. The lowest BCUT2D eigenvalue weighted by Crippen LogP contribution is -2.14. The predicted molar refractivity (Wildman–Crippen MR) is 78.2 cm³/mol. The van der Waals surface area contributed by atoms with E-state index in [1.165, 1.54) is 25.7 Å². The van der Waals surface area contributed by atoms with Gasteiger partial charge in [-0.05, 0) is 61.1 Å². The quantitative estimate of drug-likeness (QED) is 0.821. The van der Waals surface area contributed by atoms with Gasteiger partial charge in [0.05, 0.1) is 9.26 Å². The minimum atomic E-state index is 0.0480. The van der Waals surface area contributed by atoms with E-state index in [1.54, 1.807) is 0 Å². The van der Waals surface area contributed by atoms with Crippen molar-refractivity contribution < 1.29 is 4.74 Å². The molecule has 1 unspecified atom stereocenters. The first-order valence-electron chi connectivity index (χ1n) is 6.65. The second kappa shape index (κ2) is 4.92. The molecule has 0 amide bonds. The highest BCUT2D eigenvalue weighted by atomic mass is 127. The molecule has 1 aromatic heterocycles. The van der Waals surface area contributed by atoms with Crippen molar-refractivity contribution in [3.05, 3.63) is 15.1 Å². The summed E-state index contributed by atoms with van der Waals surface area (Å²) >= 11 is 2.26. The Morgan fingerprint density at radius 1 is 1.33 bits per heavy atom. The van der Waals surface area contributed by atoms with Gasteiger partial charge in [-0.25, -0.2) is 9.97 Å². The zero-order chi connectivity index (χ0) is 12.7. The van der Waals surface area contributed by atoms with Crippen LogP contribution in [0, 0.1) is 9.49 Å². The average Bonchev–Trinajstić information content (AvgIpc) is 3.21. The number of halogens is 1. The molecule has 0 aromatic carbocycles. The van der Waals surface area contributed by atoms with Gasteiger partial charge in [0.2, 0.25) is 0 Å². The lowest BCUT2D eigenvalue weighted by molar-refractivity contribution is 0.0399. The summed E-state index contributed by atoms with van der Waals surface area (Å²) in [6, 6.07) is 0. The maximum atomic E-state index is 6.03. The van der Waals surface area contributed by atoms with Crippen molar-refractivity contribution in [3.8, 4) is 0 Å². The van der Waals surface area contributed by atoms with Crippen molar-refractivity contribution in [2.24, 2.45) is 5.92 Å². The summed E-state index contributed by atoms with van der Waals surface area (Å²) in [5.74, 6) is 2.62. The highest BCUT2D eigenvalue weighted by Gasteiger charge is 2.37. The third-order valence-electron chi connectivity index (χ3n) is 3.53. The number of rotatable bonds is 5. The lowest BCUT2D eigenvalue weighted by Gasteiger charge is -2.17. The van der Waals surface area contributed by atoms with Gasteiger partial charge in [-0.3, -0.25) is 0 Å². The van der Waals surface area contributed by atoms with Gasteiger partial charge in [0.15, 0.2) is 5.82 Å². The van der Waals surface area contributed by atoms with Crippen molar-refractivity contribution in [3.63, 3.8) is 0 Å². The lowest BCUT2D eigenvalue weighted by atomic mass is 10.2. The van der Waals surface area contributed by atoms with Gasteiger partial charge in [0, 0.05) is 12.5 Å². The fraction of sp³-hybridized carbons (Fsp3) is 0.692. The number of aromatic nitrogens is 2. The molecule has 2 fully saturated rings. The third kappa shape index (κ3) is 2.47. The molecule has 4 nitrogen and oxygen atoms in total. The first-order chi connectivity index (χ1) is 8.70. The second-order valence-corrected chi connectivity index (χ2v) is 6.23. The summed E-state index contributed by atoms with van der Waals surface area (Å²) in [7, 11) is 0. The van der Waals surface area contributed by atoms with Crippen LogP contribution in [-0.4, -0.2) is 16.6 Å². The van der Waals surface area contributed by atoms with Gasteiger partial charge in [0.1, 0.15) is 11.9 Å². The Labute approximate surface area is 121 Å². The second-order valence-electron chi connectivity index (χ2n) is 5.15. The highest BCUT2D eigenvalue weighted by molar-refractivity contribution is 14.1. The Hall–Kier alpha value is -0.430. The van der Waals surface area contributed by atoms with E-state index in [4.69, 9.17) is 15.5 Å². The Bertz CT molecular complexity index is 458. The van der Waals surface area contributed by atoms with E-state index in [-0.39, 0.29) is 6.10 Å². The van der Waals surface area contributed by atoms with E-state index in [0.717, 1.165) is 15.1 Å². The summed E-state index contributed by atoms with van der Waals surface area (Å²) in [4.78, 5) is 9.21. The smallest absolute Gasteiger partial charge is 0.160 e. The van der Waals surface area contributed by atoms with Crippen molar-refractivity contribution in [2.45, 2.75) is 44.6 Å². The molecule has 1 heterocycles. The summed E-state index contributed by atoms with van der Waals surface area (Å²) in [6.45, 7) is 2.72. The largest absolute Gasteiger partial charge is 0.383 e. The summed E-state index contributed by atoms with van der Waals surface area (Å²) in [5, 5.41) is 0. The molecule has 98 valence electrons. The van der Waals surface area contributed by atoms with Crippen molar-refractivity contribution in [1.82, 2.24) is 9.97 Å². The summed E-state index contributed by atoms with van der Waals surface area (Å²) in [6.07, 6.45) is 4.95. The first-order valence-corrected chi connectivity index (χ1v) is 7.73. The number of nitrogens with two attached hydrogens (primary N) is 1. The molecule has 0 aliphatic heterocycles. The van der Waals surface area contributed by atoms with Crippen molar-refractivity contribution in [1.29, 1.82) is 0 Å². The summed E-state index contributed by atoms with van der Waals surface area (Å²) in [5.41, 5.74) is 7.17. The standard InChI is InChI=1S/C13H18IN3O/c1-2-18-11(8-5-6-8)13-16-10(7-3-4-7)9(14)12(15)17-13/h7-8,11H,2-6H2,1H3,(H2,15,16,17). The molecule has 1 aromatic rings. The van der Waals surface area contributed by atoms with E-state index < -0.39 is 0 Å². The molecule has 0 saturated heterocycles. The number of nitrogens with zero attached hydrogens (tertiary/aromatic N) is 2. The maximum absolute atomic E-state index is 6.03. The van der Waals surface area contributed by atoms with E-state index in [1.807, 2.05) is 6.92 Å². The van der Waals surface area contributed by atoms with Crippen LogP contribution < -0.4 is 5.73 Å². The zero-order valence-corrected chi connectivity index (χ0v) is 12.7. The van der Waals surface area contributed by atoms with Gasteiger partial charge < -0.3 is 10.5 Å². The Morgan fingerprint density at radius 2 is 2.06 bits per heavy atom. The van der Waals surface area contributed by atoms with Gasteiger partial charge in [-0.2, -0.15) is 0 Å². The Balaban J connectivity index is 1.94. The molecule has 1 atom stereocenters. The molecule has 0 spiro atoms. The van der Waals surface area contributed by atoms with Crippen LogP contribution in [0.2, 0.25) is 0 Å². The molecule has 18 heavy (non-hydrogen) atoms. The van der Waals surface area contributed by atoms with E-state index in [2.05, 4.69) is 27.6 Å². The molecule has 0 bridgehead atoms. The highest BCUT2D eigenvalue weighted by Crippen LogP contribution is 2.45. The normalized spacial score (nSPS) is 21.0. The minimum Gasteiger partial charge on any atom is -0.383 e. The van der Waals surface area contributed by atoms with Crippen LogP contribution >= 0.6 is 22.6 Å². The minimum absolute atomic E-state index is 0.0480. The number of nitrogen functional groups attached to an aromatic ring is 1. The Kier molecular flexibility index (Phi) is 3.44. The van der Waals surface area contributed by atoms with Crippen LogP contribution in [0.5, 0.6) is 0 Å². The van der Waals surface area contributed by atoms with Crippen LogP contribution in [0.3, 0.4) is 0 Å². The zero-order valence-electron chi connectivity index (χ0n) is 10.5. The first kappa shape index (κ1) is 12.6. The summed E-state index contributed by atoms with van der Waals surface area (Å²) < 4.78 is 6.85. The van der Waals surface area contributed by atoms with E-state index >= 15 is 0 Å². The molecule has 2 N–H and O–H groups in total. The Morgan fingerprint density at radius 3 is 2.61 bits per heavy atom. The monoisotopic (exact) mass is 359 g/mol. The number of hydrogen-bond acceptors (Lipinski definition) is 4. The maximum Gasteiger partial charge on any atom is 0.160 e. The molecule has 3 rings (SSSR count). The SMILES string of the molecule is CCOC(c1nc(N)c(I)c(C2CC2)n1)C1CC1. The topological polar surface area (TPSA) is 61.0 Å². The third-order valence-corrected chi connectivity index (χ3v) is 4.64. The fourth-order valence-corrected chi connectivity index (χ4v) is 2.94. The van der Waals surface area contributed by atoms with Crippen LogP contribution in [0.4, 0.5) is 5.82 Å². The molecular weight excluding hydrogens is 341 g/mol. The molecule has 0 radical (unpaired) electrons. The number of ether oxygens (including phenoxy) is 1. The molecule has 2 aliphatic rings. The van der Waals surface area contributed by atoms with Crippen LogP contribution in [0.25, 0.3) is 0 Å². The number of hydrogen-bond donors (Lipinski definition) is 1. The van der Waals surface area contributed by atoms with Gasteiger partial charge in [-0.15, -0.1) is 0 Å².